The summed E-state index contributed by atoms with van der Waals surface area (Å²) in [5, 5.41) is 14.4. The van der Waals surface area contributed by atoms with Crippen molar-refractivity contribution in [3.63, 3.8) is 0 Å². The molecule has 0 aliphatic heterocycles. The van der Waals surface area contributed by atoms with E-state index < -0.39 is 0 Å². The molecule has 3 heterocycles. The molecule has 3 aromatic rings. The largest absolute Gasteiger partial charge is 0.302 e. The average Bonchev–Trinajstić information content (AvgIpc) is 3.02. The third kappa shape index (κ3) is 3.09. The molecular weight excluding hydrogens is 320 g/mol. The predicted octanol–water partition coefficient (Wildman–Crippen LogP) is 2.45. The molecule has 0 aliphatic rings. The molecule has 0 radical (unpaired) electrons. The maximum atomic E-state index is 11.0. The highest BCUT2D eigenvalue weighted by Crippen LogP contribution is 2.25. The van der Waals surface area contributed by atoms with Crippen LogP contribution in [0.1, 0.15) is 24.1 Å². The quantitative estimate of drug-likeness (QED) is 0.738. The Balaban J connectivity index is 1.77. The summed E-state index contributed by atoms with van der Waals surface area (Å²) in [7, 11) is 0. The minimum Gasteiger partial charge on any atom is -0.302 e. The molecule has 0 atom stereocenters. The fourth-order valence-electron chi connectivity index (χ4n) is 2.02. The number of thiazole rings is 1. The summed E-state index contributed by atoms with van der Waals surface area (Å²) in [5.74, 6) is 1.40. The van der Waals surface area contributed by atoms with Gasteiger partial charge in [-0.15, -0.1) is 21.5 Å². The van der Waals surface area contributed by atoms with E-state index in [-0.39, 0.29) is 5.91 Å². The summed E-state index contributed by atoms with van der Waals surface area (Å²) in [5.41, 5.74) is 2.62. The van der Waals surface area contributed by atoms with Crippen LogP contribution in [0.15, 0.2) is 16.6 Å². The Kier molecular flexibility index (Phi) is 4.08. The van der Waals surface area contributed by atoms with Gasteiger partial charge in [-0.1, -0.05) is 11.8 Å². The molecular formula is C13H14N6OS2. The van der Waals surface area contributed by atoms with E-state index in [1.807, 2.05) is 29.7 Å². The molecule has 3 rings (SSSR count). The zero-order chi connectivity index (χ0) is 15.7. The molecule has 1 amide bonds. The monoisotopic (exact) mass is 334 g/mol. The van der Waals surface area contributed by atoms with Gasteiger partial charge in [0.1, 0.15) is 5.82 Å². The van der Waals surface area contributed by atoms with Gasteiger partial charge in [0.2, 0.25) is 5.91 Å². The second kappa shape index (κ2) is 6.01. The van der Waals surface area contributed by atoms with E-state index in [2.05, 4.69) is 25.5 Å². The first kappa shape index (κ1) is 14.9. The lowest BCUT2D eigenvalue weighted by molar-refractivity contribution is -0.114. The summed E-state index contributed by atoms with van der Waals surface area (Å²) in [4.78, 5) is 19.8. The summed E-state index contributed by atoms with van der Waals surface area (Å²) in [6.07, 6.45) is 0. The molecule has 0 saturated carbocycles. The zero-order valence-corrected chi connectivity index (χ0v) is 14.0. The molecule has 1 N–H and O–H groups in total. The van der Waals surface area contributed by atoms with Crippen LogP contribution in [0.2, 0.25) is 0 Å². The summed E-state index contributed by atoms with van der Waals surface area (Å²) >= 11 is 2.95. The number of carbonyl (C=O) groups excluding carboxylic acids is 1. The SMILES string of the molecule is CC(=O)Nc1nc(CSc2nnc3cc(C)nc(C)n23)cs1. The Morgan fingerprint density at radius 2 is 2.18 bits per heavy atom. The van der Waals surface area contributed by atoms with Crippen molar-refractivity contribution in [1.82, 2.24) is 24.6 Å². The Morgan fingerprint density at radius 3 is 2.95 bits per heavy atom. The Bertz CT molecular complexity index is 840. The zero-order valence-electron chi connectivity index (χ0n) is 12.3. The first-order chi connectivity index (χ1) is 10.5. The van der Waals surface area contributed by atoms with Crippen molar-refractivity contribution < 1.29 is 4.79 Å². The second-order valence-electron chi connectivity index (χ2n) is 4.73. The Labute approximate surface area is 135 Å². The van der Waals surface area contributed by atoms with Crippen molar-refractivity contribution >= 4 is 39.8 Å². The van der Waals surface area contributed by atoms with E-state index in [4.69, 9.17) is 0 Å². The number of hydrogen-bond donors (Lipinski definition) is 1. The number of hydrogen-bond acceptors (Lipinski definition) is 7. The third-order valence-electron chi connectivity index (χ3n) is 2.84. The maximum Gasteiger partial charge on any atom is 0.223 e. The summed E-state index contributed by atoms with van der Waals surface area (Å²) in [6.45, 7) is 5.34. The van der Waals surface area contributed by atoms with Gasteiger partial charge in [0, 0.05) is 29.8 Å². The Hall–Kier alpha value is -2.00. The van der Waals surface area contributed by atoms with Crippen molar-refractivity contribution in [2.24, 2.45) is 0 Å². The molecule has 0 bridgehead atoms. The number of aryl methyl sites for hydroxylation is 2. The van der Waals surface area contributed by atoms with Gasteiger partial charge < -0.3 is 5.32 Å². The van der Waals surface area contributed by atoms with Crippen molar-refractivity contribution in [2.75, 3.05) is 5.32 Å². The van der Waals surface area contributed by atoms with Crippen LogP contribution in [0.4, 0.5) is 5.13 Å². The molecule has 0 aromatic carbocycles. The minimum absolute atomic E-state index is 0.117. The molecule has 3 aromatic heterocycles. The lowest BCUT2D eigenvalue weighted by Crippen LogP contribution is -2.05. The molecule has 22 heavy (non-hydrogen) atoms. The number of aromatic nitrogens is 5. The normalized spacial score (nSPS) is 11.0. The van der Waals surface area contributed by atoms with Crippen molar-refractivity contribution in [1.29, 1.82) is 0 Å². The molecule has 114 valence electrons. The van der Waals surface area contributed by atoms with Gasteiger partial charge >= 0.3 is 0 Å². The topological polar surface area (TPSA) is 85.1 Å². The van der Waals surface area contributed by atoms with Crippen molar-refractivity contribution in [2.45, 2.75) is 31.7 Å². The van der Waals surface area contributed by atoms with Gasteiger partial charge in [0.15, 0.2) is 15.9 Å². The van der Waals surface area contributed by atoms with Crippen molar-refractivity contribution in [3.8, 4) is 0 Å². The Morgan fingerprint density at radius 1 is 1.36 bits per heavy atom. The smallest absolute Gasteiger partial charge is 0.223 e. The first-order valence-corrected chi connectivity index (χ1v) is 8.43. The van der Waals surface area contributed by atoms with Gasteiger partial charge in [0.25, 0.3) is 0 Å². The lowest BCUT2D eigenvalue weighted by Gasteiger charge is -2.03. The van der Waals surface area contributed by atoms with Gasteiger partial charge in [-0.2, -0.15) is 0 Å². The standard InChI is InChI=1S/C13H14N6OS2/c1-7-4-11-17-18-13(19(11)8(2)14-7)22-6-10-5-21-12(16-10)15-9(3)20/h4-5H,6H2,1-3H3,(H,15,16,20). The summed E-state index contributed by atoms with van der Waals surface area (Å²) in [6, 6.07) is 1.90. The molecule has 0 aliphatic carbocycles. The average molecular weight is 334 g/mol. The van der Waals surface area contributed by atoms with Crippen LogP contribution < -0.4 is 5.32 Å². The van der Waals surface area contributed by atoms with E-state index in [1.165, 1.54) is 18.3 Å². The van der Waals surface area contributed by atoms with Crippen LogP contribution in [-0.2, 0) is 10.5 Å². The maximum absolute atomic E-state index is 11.0. The number of thioether (sulfide) groups is 1. The molecule has 0 spiro atoms. The second-order valence-corrected chi connectivity index (χ2v) is 6.54. The molecule has 0 unspecified atom stereocenters. The fourth-order valence-corrected chi connectivity index (χ4v) is 3.76. The highest BCUT2D eigenvalue weighted by molar-refractivity contribution is 7.98. The van der Waals surface area contributed by atoms with Crippen LogP contribution in [0, 0.1) is 13.8 Å². The number of rotatable bonds is 4. The van der Waals surface area contributed by atoms with E-state index in [9.17, 15) is 4.79 Å². The lowest BCUT2D eigenvalue weighted by atomic mass is 10.4. The van der Waals surface area contributed by atoms with E-state index in [0.717, 1.165) is 28.0 Å². The van der Waals surface area contributed by atoms with E-state index in [1.54, 1.807) is 11.8 Å². The molecule has 7 nitrogen and oxygen atoms in total. The fraction of sp³-hybridized carbons (Fsp3) is 0.308. The third-order valence-corrected chi connectivity index (χ3v) is 4.61. The van der Waals surface area contributed by atoms with Crippen LogP contribution in [0.3, 0.4) is 0 Å². The minimum atomic E-state index is -0.117. The van der Waals surface area contributed by atoms with E-state index in [0.29, 0.717) is 10.9 Å². The van der Waals surface area contributed by atoms with Gasteiger partial charge in [-0.05, 0) is 13.8 Å². The van der Waals surface area contributed by atoms with Crippen LogP contribution in [0.25, 0.3) is 5.65 Å². The van der Waals surface area contributed by atoms with Gasteiger partial charge in [-0.3, -0.25) is 9.20 Å². The van der Waals surface area contributed by atoms with E-state index >= 15 is 0 Å². The predicted molar refractivity (Wildman–Crippen MR) is 86.2 cm³/mol. The van der Waals surface area contributed by atoms with Crippen LogP contribution >= 0.6 is 23.1 Å². The molecule has 0 saturated heterocycles. The number of amides is 1. The van der Waals surface area contributed by atoms with Gasteiger partial charge in [-0.25, -0.2) is 9.97 Å². The number of carbonyl (C=O) groups is 1. The van der Waals surface area contributed by atoms with Crippen LogP contribution in [-0.4, -0.2) is 30.5 Å². The number of fused-ring (bicyclic) bond motifs is 1. The molecule has 0 fully saturated rings. The summed E-state index contributed by atoms with van der Waals surface area (Å²) < 4.78 is 1.93. The number of nitrogens with zero attached hydrogens (tertiary/aromatic N) is 5. The number of anilines is 1. The first-order valence-electron chi connectivity index (χ1n) is 6.57. The highest BCUT2D eigenvalue weighted by atomic mass is 32.2. The molecule has 9 heteroatoms. The van der Waals surface area contributed by atoms with Crippen LogP contribution in [0.5, 0.6) is 0 Å². The van der Waals surface area contributed by atoms with Gasteiger partial charge in [0.05, 0.1) is 5.69 Å². The number of nitrogens with one attached hydrogen (secondary N) is 1. The highest BCUT2D eigenvalue weighted by Gasteiger charge is 2.11. The van der Waals surface area contributed by atoms with Crippen molar-refractivity contribution in [3.05, 3.63) is 28.7 Å².